The number of aromatic nitrogens is 2. The van der Waals surface area contributed by atoms with Gasteiger partial charge in [0, 0.05) is 37.8 Å². The van der Waals surface area contributed by atoms with Gasteiger partial charge in [-0.15, -0.1) is 11.6 Å². The zero-order chi connectivity index (χ0) is 14.0. The molecule has 0 unspecified atom stereocenters. The Morgan fingerprint density at radius 3 is 2.84 bits per heavy atom. The van der Waals surface area contributed by atoms with Crippen LogP contribution in [0.15, 0.2) is 0 Å². The van der Waals surface area contributed by atoms with E-state index in [0.717, 1.165) is 11.3 Å². The Hall–Kier alpha value is -1.56. The van der Waals surface area contributed by atoms with Crippen molar-refractivity contribution in [1.29, 1.82) is 0 Å². The number of aryl methyl sites for hydroxylation is 1. The van der Waals surface area contributed by atoms with Crippen molar-refractivity contribution >= 4 is 23.5 Å². The molecule has 2 heterocycles. The molecule has 1 aromatic rings. The average molecular weight is 286 g/mol. The summed E-state index contributed by atoms with van der Waals surface area (Å²) < 4.78 is 6.67. The van der Waals surface area contributed by atoms with Gasteiger partial charge in [-0.05, 0) is 6.92 Å². The van der Waals surface area contributed by atoms with Crippen LogP contribution in [0.5, 0.6) is 0 Å². The van der Waals surface area contributed by atoms with Gasteiger partial charge in [0.15, 0.2) is 5.69 Å². The molecule has 0 saturated carbocycles. The highest BCUT2D eigenvalue weighted by atomic mass is 35.5. The number of amides is 1. The molecule has 7 heteroatoms. The Balaban J connectivity index is 2.31. The number of carbonyl (C=O) groups excluding carboxylic acids is 2. The normalized spacial score (nSPS) is 14.2. The van der Waals surface area contributed by atoms with Crippen LogP contribution in [-0.2, 0) is 29.5 Å². The van der Waals surface area contributed by atoms with Crippen molar-refractivity contribution in [2.24, 2.45) is 7.05 Å². The molecule has 0 fully saturated rings. The number of carbonyl (C=O) groups is 2. The molecule has 0 atom stereocenters. The van der Waals surface area contributed by atoms with Crippen LogP contribution in [0.2, 0.25) is 0 Å². The Labute approximate surface area is 116 Å². The lowest BCUT2D eigenvalue weighted by atomic mass is 10.1. The summed E-state index contributed by atoms with van der Waals surface area (Å²) in [4.78, 5) is 25.1. The van der Waals surface area contributed by atoms with E-state index >= 15 is 0 Å². The topological polar surface area (TPSA) is 64.4 Å². The van der Waals surface area contributed by atoms with Crippen molar-refractivity contribution in [1.82, 2.24) is 14.7 Å². The predicted molar refractivity (Wildman–Crippen MR) is 69.0 cm³/mol. The highest BCUT2D eigenvalue weighted by Crippen LogP contribution is 2.23. The summed E-state index contributed by atoms with van der Waals surface area (Å²) in [5.74, 6) is -0.629. The van der Waals surface area contributed by atoms with Crippen LogP contribution in [0.3, 0.4) is 0 Å². The largest absolute Gasteiger partial charge is 0.461 e. The van der Waals surface area contributed by atoms with Crippen LogP contribution in [0, 0.1) is 0 Å². The number of rotatable bonds is 3. The molecule has 1 aliphatic heterocycles. The quantitative estimate of drug-likeness (QED) is 0.606. The van der Waals surface area contributed by atoms with Crippen LogP contribution < -0.4 is 0 Å². The SMILES string of the molecule is CCOC(=O)c1nn(C)c2c1CN(C(=O)CCl)CC2. The fraction of sp³-hybridized carbons (Fsp3) is 0.583. The molecule has 104 valence electrons. The van der Waals surface area contributed by atoms with Gasteiger partial charge in [-0.3, -0.25) is 9.48 Å². The predicted octanol–water partition coefficient (Wildman–Crippen LogP) is 0.720. The van der Waals surface area contributed by atoms with Gasteiger partial charge in [-0.2, -0.15) is 5.10 Å². The lowest BCUT2D eigenvalue weighted by Gasteiger charge is -2.26. The van der Waals surface area contributed by atoms with Crippen LogP contribution in [0.25, 0.3) is 0 Å². The number of hydrogen-bond acceptors (Lipinski definition) is 4. The van der Waals surface area contributed by atoms with Gasteiger partial charge in [0.25, 0.3) is 0 Å². The molecule has 0 saturated heterocycles. The molecule has 0 aromatic carbocycles. The third-order valence-corrected chi connectivity index (χ3v) is 3.41. The van der Waals surface area contributed by atoms with Crippen molar-refractivity contribution in [2.75, 3.05) is 19.0 Å². The van der Waals surface area contributed by atoms with E-state index in [1.165, 1.54) is 0 Å². The summed E-state index contributed by atoms with van der Waals surface area (Å²) in [5.41, 5.74) is 2.04. The minimum absolute atomic E-state index is 0.0513. The van der Waals surface area contributed by atoms with Gasteiger partial charge >= 0.3 is 5.97 Å². The molecule has 1 aromatic heterocycles. The van der Waals surface area contributed by atoms with Gasteiger partial charge in [-0.1, -0.05) is 0 Å². The second-order valence-corrected chi connectivity index (χ2v) is 4.58. The Bertz CT molecular complexity index is 513. The highest BCUT2D eigenvalue weighted by molar-refractivity contribution is 6.27. The number of ether oxygens (including phenoxy) is 1. The zero-order valence-corrected chi connectivity index (χ0v) is 11.7. The summed E-state index contributed by atoms with van der Waals surface area (Å²) in [6.45, 7) is 3.01. The summed E-state index contributed by atoms with van der Waals surface area (Å²) in [6, 6.07) is 0. The van der Waals surface area contributed by atoms with Gasteiger partial charge in [-0.25, -0.2) is 4.79 Å². The second kappa shape index (κ2) is 5.61. The molecule has 0 bridgehead atoms. The minimum atomic E-state index is -0.445. The third-order valence-electron chi connectivity index (χ3n) is 3.18. The van der Waals surface area contributed by atoms with Crippen LogP contribution in [0.4, 0.5) is 0 Å². The van der Waals surface area contributed by atoms with E-state index in [1.807, 2.05) is 0 Å². The van der Waals surface area contributed by atoms with Crippen LogP contribution in [-0.4, -0.2) is 45.6 Å². The lowest BCUT2D eigenvalue weighted by Crippen LogP contribution is -2.37. The highest BCUT2D eigenvalue weighted by Gasteiger charge is 2.29. The van der Waals surface area contributed by atoms with Crippen molar-refractivity contribution in [2.45, 2.75) is 19.9 Å². The summed E-state index contributed by atoms with van der Waals surface area (Å²) in [6.07, 6.45) is 0.668. The molecule has 2 rings (SSSR count). The first-order valence-electron chi connectivity index (χ1n) is 6.14. The molecule has 0 N–H and O–H groups in total. The monoisotopic (exact) mass is 285 g/mol. The number of fused-ring (bicyclic) bond motifs is 1. The number of hydrogen-bond donors (Lipinski definition) is 0. The number of nitrogens with zero attached hydrogens (tertiary/aromatic N) is 3. The second-order valence-electron chi connectivity index (χ2n) is 4.32. The van der Waals surface area contributed by atoms with E-state index in [0.29, 0.717) is 31.8 Å². The molecule has 0 aliphatic carbocycles. The smallest absolute Gasteiger partial charge is 0.359 e. The molecular weight excluding hydrogens is 270 g/mol. The van der Waals surface area contributed by atoms with Gasteiger partial charge in [0.2, 0.25) is 5.91 Å². The van der Waals surface area contributed by atoms with E-state index < -0.39 is 5.97 Å². The first kappa shape index (κ1) is 13.9. The maximum Gasteiger partial charge on any atom is 0.359 e. The van der Waals surface area contributed by atoms with Crippen molar-refractivity contribution in [3.63, 3.8) is 0 Å². The maximum absolute atomic E-state index is 11.8. The molecule has 0 spiro atoms. The lowest BCUT2D eigenvalue weighted by molar-refractivity contribution is -0.129. The summed E-state index contributed by atoms with van der Waals surface area (Å²) in [7, 11) is 1.79. The maximum atomic E-state index is 11.8. The van der Waals surface area contributed by atoms with Crippen molar-refractivity contribution < 1.29 is 14.3 Å². The Morgan fingerprint density at radius 2 is 2.21 bits per heavy atom. The molecule has 6 nitrogen and oxygen atoms in total. The van der Waals surface area contributed by atoms with E-state index in [1.54, 1.807) is 23.6 Å². The van der Waals surface area contributed by atoms with Crippen LogP contribution >= 0.6 is 11.6 Å². The fourth-order valence-electron chi connectivity index (χ4n) is 2.25. The number of alkyl halides is 1. The fourth-order valence-corrected chi connectivity index (χ4v) is 2.42. The number of halogens is 1. The molecule has 1 aliphatic rings. The summed E-state index contributed by atoms with van der Waals surface area (Å²) >= 11 is 5.57. The van der Waals surface area contributed by atoms with Crippen molar-refractivity contribution in [3.8, 4) is 0 Å². The first-order chi connectivity index (χ1) is 9.08. The molecular formula is C12H16ClN3O3. The van der Waals surface area contributed by atoms with Gasteiger partial charge in [0.05, 0.1) is 6.61 Å². The molecule has 19 heavy (non-hydrogen) atoms. The first-order valence-corrected chi connectivity index (χ1v) is 6.67. The van der Waals surface area contributed by atoms with E-state index in [-0.39, 0.29) is 11.8 Å². The summed E-state index contributed by atoms with van der Waals surface area (Å²) in [5, 5.41) is 4.20. The van der Waals surface area contributed by atoms with Crippen LogP contribution in [0.1, 0.15) is 28.7 Å². The van der Waals surface area contributed by atoms with Gasteiger partial charge in [0.1, 0.15) is 5.88 Å². The zero-order valence-electron chi connectivity index (χ0n) is 11.0. The average Bonchev–Trinajstić information content (AvgIpc) is 2.75. The van der Waals surface area contributed by atoms with Crippen molar-refractivity contribution in [3.05, 3.63) is 17.0 Å². The van der Waals surface area contributed by atoms with E-state index in [9.17, 15) is 9.59 Å². The minimum Gasteiger partial charge on any atom is -0.461 e. The van der Waals surface area contributed by atoms with E-state index in [2.05, 4.69) is 5.10 Å². The molecule has 0 radical (unpaired) electrons. The Morgan fingerprint density at radius 1 is 1.47 bits per heavy atom. The molecule has 1 amide bonds. The Kier molecular flexibility index (Phi) is 4.09. The number of esters is 1. The van der Waals surface area contributed by atoms with E-state index in [4.69, 9.17) is 16.3 Å². The standard InChI is InChI=1S/C12H16ClN3O3/c1-3-19-12(18)11-8-7-16(10(17)6-13)5-4-9(8)15(2)14-11/h3-7H2,1-2H3. The van der Waals surface area contributed by atoms with Gasteiger partial charge < -0.3 is 9.64 Å². The third kappa shape index (κ3) is 2.58.